The minimum Gasteiger partial charge on any atom is -0.352 e. The van der Waals surface area contributed by atoms with Gasteiger partial charge in [0.2, 0.25) is 5.91 Å². The number of carbonyl (C=O) groups is 1. The lowest BCUT2D eigenvalue weighted by atomic mass is 9.86. The van der Waals surface area contributed by atoms with Gasteiger partial charge in [-0.25, -0.2) is 0 Å². The zero-order valence-corrected chi connectivity index (χ0v) is 12.3. The van der Waals surface area contributed by atoms with Gasteiger partial charge in [0.25, 0.3) is 0 Å². The van der Waals surface area contributed by atoms with Gasteiger partial charge in [0.05, 0.1) is 6.04 Å². The number of hydrogen-bond donors (Lipinski definition) is 2. The zero-order chi connectivity index (χ0) is 12.3. The molecule has 17 heavy (non-hydrogen) atoms. The Hall–Kier alpha value is -0.280. The van der Waals surface area contributed by atoms with Crippen LogP contribution in [0.1, 0.15) is 53.4 Å². The van der Waals surface area contributed by atoms with E-state index in [9.17, 15) is 4.79 Å². The number of nitrogens with one attached hydrogen (secondary N) is 1. The van der Waals surface area contributed by atoms with Crippen molar-refractivity contribution in [1.82, 2.24) is 5.32 Å². The lowest BCUT2D eigenvalue weighted by Crippen LogP contribution is -2.52. The maximum atomic E-state index is 11.9. The number of rotatable bonds is 3. The van der Waals surface area contributed by atoms with E-state index in [0.717, 1.165) is 0 Å². The summed E-state index contributed by atoms with van der Waals surface area (Å²) in [5.41, 5.74) is 5.76. The third kappa shape index (κ3) is 4.84. The Bertz CT molecular complexity index is 244. The number of amides is 1. The molecule has 2 atom stereocenters. The van der Waals surface area contributed by atoms with E-state index in [0.29, 0.717) is 5.92 Å². The topological polar surface area (TPSA) is 55.1 Å². The molecule has 1 aliphatic carbocycles. The van der Waals surface area contributed by atoms with Crippen LogP contribution in [-0.2, 0) is 4.79 Å². The van der Waals surface area contributed by atoms with Gasteiger partial charge in [0, 0.05) is 6.04 Å². The summed E-state index contributed by atoms with van der Waals surface area (Å²) in [6.45, 7) is 8.09. The normalized spacial score (nSPS) is 20.5. The van der Waals surface area contributed by atoms with Gasteiger partial charge in [0.15, 0.2) is 0 Å². The Morgan fingerprint density at radius 1 is 1.29 bits per heavy atom. The van der Waals surface area contributed by atoms with E-state index in [-0.39, 0.29) is 29.8 Å². The van der Waals surface area contributed by atoms with E-state index in [4.69, 9.17) is 5.73 Å². The monoisotopic (exact) mass is 262 g/mol. The minimum atomic E-state index is -0.420. The van der Waals surface area contributed by atoms with E-state index in [1.807, 2.05) is 20.8 Å². The molecule has 3 N–H and O–H groups in total. The Morgan fingerprint density at radius 2 is 1.76 bits per heavy atom. The average Bonchev–Trinajstić information content (AvgIpc) is 2.67. The fourth-order valence-electron chi connectivity index (χ4n) is 2.28. The van der Waals surface area contributed by atoms with Crippen molar-refractivity contribution in [3.8, 4) is 0 Å². The zero-order valence-electron chi connectivity index (χ0n) is 11.5. The molecule has 0 bridgehead atoms. The third-order valence-corrected chi connectivity index (χ3v) is 3.69. The summed E-state index contributed by atoms with van der Waals surface area (Å²) >= 11 is 0. The van der Waals surface area contributed by atoms with Crippen LogP contribution in [-0.4, -0.2) is 18.0 Å². The summed E-state index contributed by atoms with van der Waals surface area (Å²) in [4.78, 5) is 11.9. The Labute approximate surface area is 111 Å². The molecule has 0 aromatic carbocycles. The first-order valence-corrected chi connectivity index (χ1v) is 6.38. The summed E-state index contributed by atoms with van der Waals surface area (Å²) in [6.07, 6.45) is 5.09. The summed E-state index contributed by atoms with van der Waals surface area (Å²) in [5, 5.41) is 3.06. The predicted molar refractivity (Wildman–Crippen MR) is 74.2 cm³/mol. The molecular formula is C13H27ClN2O. The third-order valence-electron chi connectivity index (χ3n) is 3.69. The molecule has 1 aliphatic rings. The number of nitrogens with two attached hydrogens (primary N) is 1. The van der Waals surface area contributed by atoms with Crippen molar-refractivity contribution in [2.45, 2.75) is 65.5 Å². The van der Waals surface area contributed by atoms with E-state index in [1.165, 1.54) is 25.7 Å². The molecule has 0 aliphatic heterocycles. The average molecular weight is 263 g/mol. The van der Waals surface area contributed by atoms with Gasteiger partial charge in [-0.15, -0.1) is 12.4 Å². The maximum Gasteiger partial charge on any atom is 0.237 e. The Morgan fingerprint density at radius 3 is 2.18 bits per heavy atom. The van der Waals surface area contributed by atoms with Crippen molar-refractivity contribution in [3.63, 3.8) is 0 Å². The highest BCUT2D eigenvalue weighted by Gasteiger charge is 2.30. The molecule has 1 saturated carbocycles. The van der Waals surface area contributed by atoms with E-state index in [1.54, 1.807) is 0 Å². The molecular weight excluding hydrogens is 236 g/mol. The van der Waals surface area contributed by atoms with Crippen molar-refractivity contribution >= 4 is 18.3 Å². The summed E-state index contributed by atoms with van der Waals surface area (Å²) in [7, 11) is 0. The molecule has 0 aromatic heterocycles. The fourth-order valence-corrected chi connectivity index (χ4v) is 2.28. The van der Waals surface area contributed by atoms with Gasteiger partial charge in [-0.05, 0) is 31.1 Å². The lowest BCUT2D eigenvalue weighted by Gasteiger charge is -2.29. The second kappa shape index (κ2) is 6.60. The molecule has 102 valence electrons. The summed E-state index contributed by atoms with van der Waals surface area (Å²) < 4.78 is 0. The number of hydrogen-bond acceptors (Lipinski definition) is 2. The van der Waals surface area contributed by atoms with Crippen LogP contribution in [0.4, 0.5) is 0 Å². The number of carbonyl (C=O) groups excluding carboxylic acids is 1. The van der Waals surface area contributed by atoms with E-state index < -0.39 is 6.04 Å². The molecule has 1 amide bonds. The summed E-state index contributed by atoms with van der Waals surface area (Å²) in [5.74, 6) is 0.642. The smallest absolute Gasteiger partial charge is 0.237 e. The summed E-state index contributed by atoms with van der Waals surface area (Å²) in [6, 6.07) is -0.153. The molecule has 0 saturated heterocycles. The van der Waals surface area contributed by atoms with Crippen molar-refractivity contribution in [2.75, 3.05) is 0 Å². The molecule has 1 unspecified atom stereocenters. The first-order valence-electron chi connectivity index (χ1n) is 6.38. The second-order valence-corrected chi connectivity index (χ2v) is 6.19. The standard InChI is InChI=1S/C13H26N2O.ClH/c1-9(10-7-5-6-8-10)15-12(16)11(14)13(2,3)4;/h9-11H,5-8,14H2,1-4H3,(H,15,16);1H/t9?,11-;/m1./s1. The van der Waals surface area contributed by atoms with E-state index >= 15 is 0 Å². The van der Waals surface area contributed by atoms with Gasteiger partial charge in [-0.2, -0.15) is 0 Å². The highest BCUT2D eigenvalue weighted by atomic mass is 35.5. The molecule has 0 aromatic rings. The first-order chi connectivity index (χ1) is 7.32. The van der Waals surface area contributed by atoms with Crippen LogP contribution in [0.5, 0.6) is 0 Å². The Kier molecular flexibility index (Phi) is 6.49. The quantitative estimate of drug-likeness (QED) is 0.821. The highest BCUT2D eigenvalue weighted by Crippen LogP contribution is 2.27. The lowest BCUT2D eigenvalue weighted by molar-refractivity contribution is -0.125. The van der Waals surface area contributed by atoms with Crippen molar-refractivity contribution < 1.29 is 4.79 Å². The van der Waals surface area contributed by atoms with Gasteiger partial charge >= 0.3 is 0 Å². The first kappa shape index (κ1) is 16.7. The van der Waals surface area contributed by atoms with Crippen LogP contribution in [0.3, 0.4) is 0 Å². The van der Waals surface area contributed by atoms with Gasteiger partial charge < -0.3 is 11.1 Å². The fraction of sp³-hybridized carbons (Fsp3) is 0.923. The predicted octanol–water partition coefficient (Wildman–Crippen LogP) is 2.48. The van der Waals surface area contributed by atoms with Crippen molar-refractivity contribution in [2.24, 2.45) is 17.1 Å². The van der Waals surface area contributed by atoms with Gasteiger partial charge in [-0.1, -0.05) is 33.6 Å². The van der Waals surface area contributed by atoms with Crippen LogP contribution in [0.15, 0.2) is 0 Å². The van der Waals surface area contributed by atoms with Crippen LogP contribution < -0.4 is 11.1 Å². The van der Waals surface area contributed by atoms with Crippen LogP contribution >= 0.6 is 12.4 Å². The van der Waals surface area contributed by atoms with Gasteiger partial charge in [-0.3, -0.25) is 4.79 Å². The highest BCUT2D eigenvalue weighted by molar-refractivity contribution is 5.85. The van der Waals surface area contributed by atoms with Crippen molar-refractivity contribution in [1.29, 1.82) is 0 Å². The van der Waals surface area contributed by atoms with Crippen LogP contribution in [0.2, 0.25) is 0 Å². The molecule has 3 nitrogen and oxygen atoms in total. The van der Waals surface area contributed by atoms with Crippen LogP contribution in [0, 0.1) is 11.3 Å². The van der Waals surface area contributed by atoms with E-state index in [2.05, 4.69) is 12.2 Å². The van der Waals surface area contributed by atoms with Crippen molar-refractivity contribution in [3.05, 3.63) is 0 Å². The Balaban J connectivity index is 0.00000256. The molecule has 4 heteroatoms. The largest absolute Gasteiger partial charge is 0.352 e. The maximum absolute atomic E-state index is 11.9. The van der Waals surface area contributed by atoms with Crippen LogP contribution in [0.25, 0.3) is 0 Å². The minimum absolute atomic E-state index is 0. The molecule has 0 spiro atoms. The molecule has 1 rings (SSSR count). The molecule has 0 heterocycles. The van der Waals surface area contributed by atoms with Gasteiger partial charge in [0.1, 0.15) is 0 Å². The number of halogens is 1. The second-order valence-electron chi connectivity index (χ2n) is 6.19. The molecule has 0 radical (unpaired) electrons. The SMILES string of the molecule is CC(NC(=O)[C@@H](N)C(C)(C)C)C1CCCC1.Cl. The molecule has 1 fully saturated rings.